The van der Waals surface area contributed by atoms with E-state index in [1.54, 1.807) is 30.4 Å². The van der Waals surface area contributed by atoms with Gasteiger partial charge < -0.3 is 26.0 Å². The van der Waals surface area contributed by atoms with Crippen molar-refractivity contribution in [2.75, 3.05) is 0 Å². The van der Waals surface area contributed by atoms with Crippen molar-refractivity contribution in [2.24, 2.45) is 5.73 Å². The molecule has 3 aliphatic carbocycles. The summed E-state index contributed by atoms with van der Waals surface area (Å²) < 4.78 is 0. The summed E-state index contributed by atoms with van der Waals surface area (Å²) in [5.41, 5.74) is 0.654. The molecule has 1 atom stereocenters. The van der Waals surface area contributed by atoms with Crippen molar-refractivity contribution in [1.29, 1.82) is 0 Å². The molecule has 0 unspecified atom stereocenters. The van der Waals surface area contributed by atoms with Gasteiger partial charge in [-0.1, -0.05) is 24.3 Å². The number of aromatic nitrogens is 1. The quantitative estimate of drug-likeness (QED) is 0.191. The molecule has 39 heavy (non-hydrogen) atoms. The summed E-state index contributed by atoms with van der Waals surface area (Å²) in [6, 6.07) is 3.27. The third-order valence-electron chi connectivity index (χ3n) is 7.68. The molecule has 3 aromatic rings. The van der Waals surface area contributed by atoms with Crippen molar-refractivity contribution in [3.8, 4) is 17.2 Å². The number of rotatable bonds is 2. The Hall–Kier alpha value is -5.25. The maximum absolute atomic E-state index is 13.9. The summed E-state index contributed by atoms with van der Waals surface area (Å²) in [6.45, 7) is 1.84. The van der Waals surface area contributed by atoms with Crippen LogP contribution in [0, 0.1) is 0 Å². The van der Waals surface area contributed by atoms with E-state index in [0.717, 1.165) is 6.08 Å². The van der Waals surface area contributed by atoms with E-state index in [1.807, 2.05) is 13.0 Å². The number of hydrogen-bond donors (Lipinski definition) is 5. The van der Waals surface area contributed by atoms with Crippen LogP contribution in [0.1, 0.15) is 71.6 Å². The molecule has 1 aromatic heterocycles. The van der Waals surface area contributed by atoms with Crippen LogP contribution < -0.4 is 11.3 Å². The molecule has 0 bridgehead atoms. The van der Waals surface area contributed by atoms with Crippen LogP contribution in [0.4, 0.5) is 0 Å². The minimum absolute atomic E-state index is 0.101. The number of nitrogens with one attached hydrogen (secondary N) is 1. The zero-order valence-corrected chi connectivity index (χ0v) is 20.4. The van der Waals surface area contributed by atoms with Crippen LogP contribution in [0.25, 0.3) is 16.8 Å². The van der Waals surface area contributed by atoms with Gasteiger partial charge in [-0.25, -0.2) is 0 Å². The molecule has 1 spiro atoms. The fourth-order valence-corrected chi connectivity index (χ4v) is 6.01. The summed E-state index contributed by atoms with van der Waals surface area (Å²) in [5.74, 6) is -6.22. The van der Waals surface area contributed by atoms with Gasteiger partial charge in [0.15, 0.2) is 17.3 Å². The highest BCUT2D eigenvalue weighted by molar-refractivity contribution is 6.39. The maximum Gasteiger partial charge on any atom is 0.260 e. The molecule has 3 aliphatic rings. The van der Waals surface area contributed by atoms with Gasteiger partial charge >= 0.3 is 0 Å². The number of phenols is 3. The van der Waals surface area contributed by atoms with E-state index in [1.165, 1.54) is 0 Å². The molecular formula is C29H20N2O8. The Labute approximate surface area is 219 Å². The van der Waals surface area contributed by atoms with Crippen molar-refractivity contribution >= 4 is 40.0 Å². The van der Waals surface area contributed by atoms with Gasteiger partial charge in [0.05, 0.1) is 33.3 Å². The van der Waals surface area contributed by atoms with Crippen molar-refractivity contribution in [2.45, 2.75) is 25.2 Å². The Morgan fingerprint density at radius 3 is 2.23 bits per heavy atom. The van der Waals surface area contributed by atoms with Crippen molar-refractivity contribution in [3.05, 3.63) is 91.6 Å². The van der Waals surface area contributed by atoms with Gasteiger partial charge in [-0.3, -0.25) is 24.0 Å². The lowest BCUT2D eigenvalue weighted by Crippen LogP contribution is -2.36. The van der Waals surface area contributed by atoms with Gasteiger partial charge in [0.25, 0.3) is 5.56 Å². The Bertz CT molecular complexity index is 1910. The van der Waals surface area contributed by atoms with Gasteiger partial charge in [0.2, 0.25) is 5.78 Å². The van der Waals surface area contributed by atoms with Crippen LogP contribution in [0.2, 0.25) is 0 Å². The highest BCUT2D eigenvalue weighted by Crippen LogP contribution is 2.57. The molecular weight excluding hydrogens is 504 g/mol. The minimum Gasteiger partial charge on any atom is -0.507 e. The molecule has 10 heteroatoms. The molecule has 0 radical (unpaired) electrons. The van der Waals surface area contributed by atoms with E-state index in [-0.39, 0.29) is 23.8 Å². The number of Topliss-reactive ketones (excluding diaryl/α,β-unsaturated/α-hetero) is 3. The van der Waals surface area contributed by atoms with Crippen LogP contribution in [-0.4, -0.2) is 43.4 Å². The fraction of sp³-hybridized carbons (Fsp3) is 0.138. The molecule has 0 aliphatic heterocycles. The lowest BCUT2D eigenvalue weighted by atomic mass is 9.76. The van der Waals surface area contributed by atoms with Gasteiger partial charge in [-0.15, -0.1) is 0 Å². The molecule has 6 N–H and O–H groups in total. The number of benzene rings is 2. The van der Waals surface area contributed by atoms with Crippen LogP contribution >= 0.6 is 0 Å². The Morgan fingerprint density at radius 2 is 1.56 bits per heavy atom. The monoisotopic (exact) mass is 524 g/mol. The maximum atomic E-state index is 13.9. The summed E-state index contributed by atoms with van der Waals surface area (Å²) in [7, 11) is 0. The second-order valence-electron chi connectivity index (χ2n) is 9.72. The molecule has 0 saturated carbocycles. The summed E-state index contributed by atoms with van der Waals surface area (Å²) >= 11 is 0. The molecule has 0 fully saturated rings. The average molecular weight is 524 g/mol. The third-order valence-corrected chi connectivity index (χ3v) is 7.68. The number of H-pyrrole nitrogens is 1. The summed E-state index contributed by atoms with van der Waals surface area (Å²) in [6.07, 6.45) is 7.78. The highest BCUT2D eigenvalue weighted by Gasteiger charge is 2.61. The smallest absolute Gasteiger partial charge is 0.260 e. The van der Waals surface area contributed by atoms with Gasteiger partial charge in [0, 0.05) is 17.3 Å². The number of carbonyl (C=O) groups is 4. The standard InChI is InChI=1S/C29H20N2O8/c1-2-3-4-5-13-9-12-8-11-6-7-29(21(11)25(36)16(12)28(39)31-13)26(37)19-20(27(29)38)24(35)18-17(23(19)34)15(32)10-14(30)22(18)33/h2-5,8-10,34-36H,6-7,30H2,1H3,(H,31,39)/b3-2+,5-4+/t29-/m0/s1. The molecule has 0 saturated heterocycles. The summed E-state index contributed by atoms with van der Waals surface area (Å²) in [4.78, 5) is 68.8. The predicted octanol–water partition coefficient (Wildman–Crippen LogP) is 2.72. The van der Waals surface area contributed by atoms with Crippen molar-refractivity contribution in [3.63, 3.8) is 0 Å². The summed E-state index contributed by atoms with van der Waals surface area (Å²) in [5, 5.41) is 33.6. The van der Waals surface area contributed by atoms with Crippen molar-refractivity contribution in [1.82, 2.24) is 4.98 Å². The zero-order chi connectivity index (χ0) is 28.0. The van der Waals surface area contributed by atoms with Crippen LogP contribution in [0.5, 0.6) is 17.2 Å². The number of nitrogens with two attached hydrogens (primary N) is 1. The SMILES string of the molecule is C/C=C/C=C/c1cc2cc3c(c(O)c2c(=O)[nH]1)[C@@]1(CC3)C(=O)c2c(O)c3c(c(O)c2C1=O)C(=O)C(N)=CC3=O. The Balaban J connectivity index is 1.60. The number of aromatic amines is 1. The average Bonchev–Trinajstić information content (AvgIpc) is 3.37. The van der Waals surface area contributed by atoms with Crippen LogP contribution in [0.15, 0.2) is 46.9 Å². The second-order valence-corrected chi connectivity index (χ2v) is 9.72. The van der Waals surface area contributed by atoms with Gasteiger partial charge in [0.1, 0.15) is 22.7 Å². The number of hydrogen-bond acceptors (Lipinski definition) is 9. The molecule has 194 valence electrons. The molecule has 6 rings (SSSR count). The molecule has 2 aromatic carbocycles. The van der Waals surface area contributed by atoms with Gasteiger partial charge in [-0.2, -0.15) is 0 Å². The molecule has 10 nitrogen and oxygen atoms in total. The molecule has 1 heterocycles. The van der Waals surface area contributed by atoms with E-state index < -0.39 is 79.3 Å². The van der Waals surface area contributed by atoms with Gasteiger partial charge in [-0.05, 0) is 42.9 Å². The highest BCUT2D eigenvalue weighted by atomic mass is 16.3. The second kappa shape index (κ2) is 7.87. The predicted molar refractivity (Wildman–Crippen MR) is 139 cm³/mol. The van der Waals surface area contributed by atoms with Crippen molar-refractivity contribution < 1.29 is 34.5 Å². The normalized spacial score (nSPS) is 20.0. The lowest BCUT2D eigenvalue weighted by Gasteiger charge is -2.22. The number of allylic oxidation sites excluding steroid dienone is 5. The molecule has 0 amide bonds. The number of phenolic OH excluding ortho intramolecular Hbond substituents is 3. The first kappa shape index (κ1) is 24.1. The van der Waals surface area contributed by atoms with E-state index in [0.29, 0.717) is 16.6 Å². The lowest BCUT2D eigenvalue weighted by molar-refractivity contribution is 0.0790. The number of pyridine rings is 1. The fourth-order valence-electron chi connectivity index (χ4n) is 6.01. The zero-order valence-electron chi connectivity index (χ0n) is 20.4. The number of ketones is 4. The van der Waals surface area contributed by atoms with E-state index >= 15 is 0 Å². The minimum atomic E-state index is -2.07. The van der Waals surface area contributed by atoms with Crippen LogP contribution in [0.3, 0.4) is 0 Å². The largest absolute Gasteiger partial charge is 0.507 e. The first-order valence-electron chi connectivity index (χ1n) is 12.0. The number of aryl methyl sites for hydroxylation is 1. The topological polar surface area (TPSA) is 188 Å². The first-order valence-corrected chi connectivity index (χ1v) is 12.0. The Kier molecular flexibility index (Phi) is 4.87. The first-order chi connectivity index (χ1) is 18.5. The van der Waals surface area contributed by atoms with Crippen LogP contribution in [-0.2, 0) is 11.8 Å². The van der Waals surface area contributed by atoms with E-state index in [9.17, 15) is 39.3 Å². The van der Waals surface area contributed by atoms with E-state index in [2.05, 4.69) is 4.98 Å². The Morgan fingerprint density at radius 1 is 0.897 bits per heavy atom. The number of carbonyl (C=O) groups excluding carboxylic acids is 4. The number of fused-ring (bicyclic) bond motifs is 5. The number of aromatic hydroxyl groups is 3. The third kappa shape index (κ3) is 2.88. The van der Waals surface area contributed by atoms with E-state index in [4.69, 9.17) is 5.73 Å².